The van der Waals surface area contributed by atoms with Gasteiger partial charge in [-0.1, -0.05) is 39.0 Å². The van der Waals surface area contributed by atoms with E-state index >= 15 is 0 Å². The minimum Gasteiger partial charge on any atom is -0.340 e. The molecule has 0 aliphatic heterocycles. The van der Waals surface area contributed by atoms with Crippen LogP contribution >= 0.6 is 0 Å². The number of anilines is 3. The highest BCUT2D eigenvalue weighted by Gasteiger charge is 2.12. The third kappa shape index (κ3) is 3.31. The third-order valence-corrected chi connectivity index (χ3v) is 3.48. The Morgan fingerprint density at radius 3 is 2.43 bits per heavy atom. The molecule has 21 heavy (non-hydrogen) atoms. The number of rotatable bonds is 5. The Morgan fingerprint density at radius 1 is 1.14 bits per heavy atom. The number of hydrazine groups is 1. The maximum atomic E-state index is 5.55. The zero-order chi connectivity index (χ0) is 15.4. The van der Waals surface area contributed by atoms with Crippen molar-refractivity contribution in [1.29, 1.82) is 0 Å². The molecule has 0 spiro atoms. The SMILES string of the molecule is CCc1nc(NN)c(C)c(Nc2ccccc2C(C)C)n1. The van der Waals surface area contributed by atoms with Crippen molar-refractivity contribution in [1.82, 2.24) is 9.97 Å². The van der Waals surface area contributed by atoms with Crippen molar-refractivity contribution in [3.8, 4) is 0 Å². The molecule has 1 aromatic heterocycles. The first-order chi connectivity index (χ1) is 10.1. The molecule has 112 valence electrons. The van der Waals surface area contributed by atoms with E-state index in [1.165, 1.54) is 5.56 Å². The van der Waals surface area contributed by atoms with Crippen LogP contribution in [-0.4, -0.2) is 9.97 Å². The summed E-state index contributed by atoms with van der Waals surface area (Å²) >= 11 is 0. The summed E-state index contributed by atoms with van der Waals surface area (Å²) in [6, 6.07) is 8.27. The number of hydrogen-bond donors (Lipinski definition) is 3. The highest BCUT2D eigenvalue weighted by molar-refractivity contribution is 5.67. The van der Waals surface area contributed by atoms with E-state index < -0.39 is 0 Å². The van der Waals surface area contributed by atoms with Gasteiger partial charge in [0.2, 0.25) is 0 Å². The topological polar surface area (TPSA) is 75.9 Å². The van der Waals surface area contributed by atoms with E-state index in [1.54, 1.807) is 0 Å². The normalized spacial score (nSPS) is 10.8. The number of nitrogen functional groups attached to an aromatic ring is 1. The van der Waals surface area contributed by atoms with Gasteiger partial charge >= 0.3 is 0 Å². The van der Waals surface area contributed by atoms with Crippen molar-refractivity contribution in [3.63, 3.8) is 0 Å². The summed E-state index contributed by atoms with van der Waals surface area (Å²) in [5.74, 6) is 8.20. The number of aryl methyl sites for hydroxylation is 1. The molecule has 0 amide bonds. The number of para-hydroxylation sites is 1. The predicted molar refractivity (Wildman–Crippen MR) is 87.8 cm³/mol. The lowest BCUT2D eigenvalue weighted by atomic mass is 10.0. The van der Waals surface area contributed by atoms with E-state index in [1.807, 2.05) is 19.9 Å². The molecule has 2 rings (SSSR count). The smallest absolute Gasteiger partial charge is 0.148 e. The fourth-order valence-electron chi connectivity index (χ4n) is 2.23. The fourth-order valence-corrected chi connectivity index (χ4v) is 2.23. The van der Waals surface area contributed by atoms with Crippen LogP contribution in [0.25, 0.3) is 0 Å². The van der Waals surface area contributed by atoms with Crippen LogP contribution in [0.2, 0.25) is 0 Å². The number of benzene rings is 1. The van der Waals surface area contributed by atoms with Gasteiger partial charge < -0.3 is 10.7 Å². The van der Waals surface area contributed by atoms with Crippen LogP contribution in [-0.2, 0) is 6.42 Å². The first-order valence-corrected chi connectivity index (χ1v) is 7.26. The van der Waals surface area contributed by atoms with Crippen molar-refractivity contribution >= 4 is 17.3 Å². The molecule has 0 saturated heterocycles. The largest absolute Gasteiger partial charge is 0.340 e. The summed E-state index contributed by atoms with van der Waals surface area (Å²) < 4.78 is 0. The second-order valence-electron chi connectivity index (χ2n) is 5.33. The Labute approximate surface area is 126 Å². The summed E-state index contributed by atoms with van der Waals surface area (Å²) in [6.07, 6.45) is 0.759. The molecule has 0 fully saturated rings. The van der Waals surface area contributed by atoms with Gasteiger partial charge in [0, 0.05) is 17.7 Å². The van der Waals surface area contributed by atoms with E-state index in [0.717, 1.165) is 29.3 Å². The van der Waals surface area contributed by atoms with Crippen LogP contribution in [0, 0.1) is 6.92 Å². The van der Waals surface area contributed by atoms with Crippen molar-refractivity contribution < 1.29 is 0 Å². The van der Waals surface area contributed by atoms with Gasteiger partial charge in [-0.2, -0.15) is 0 Å². The second-order valence-corrected chi connectivity index (χ2v) is 5.33. The highest BCUT2D eigenvalue weighted by atomic mass is 15.3. The molecule has 0 unspecified atom stereocenters. The molecule has 1 heterocycles. The van der Waals surface area contributed by atoms with Gasteiger partial charge in [-0.15, -0.1) is 0 Å². The van der Waals surface area contributed by atoms with Crippen molar-refractivity contribution in [3.05, 3.63) is 41.2 Å². The lowest BCUT2D eigenvalue weighted by molar-refractivity contribution is 0.868. The Hall–Kier alpha value is -2.14. The summed E-state index contributed by atoms with van der Waals surface area (Å²) in [5, 5.41) is 3.42. The van der Waals surface area contributed by atoms with E-state index in [0.29, 0.717) is 11.7 Å². The van der Waals surface area contributed by atoms with Crippen LogP contribution in [0.5, 0.6) is 0 Å². The molecule has 2 aromatic rings. The average molecular weight is 285 g/mol. The fraction of sp³-hybridized carbons (Fsp3) is 0.375. The zero-order valence-electron chi connectivity index (χ0n) is 13.1. The minimum atomic E-state index is 0.439. The number of nitrogens with one attached hydrogen (secondary N) is 2. The highest BCUT2D eigenvalue weighted by Crippen LogP contribution is 2.29. The van der Waals surface area contributed by atoms with Gasteiger partial charge in [0.05, 0.1) is 0 Å². The standard InChI is InChI=1S/C16H23N5/c1-5-14-19-15(11(4)16(20-14)21-17)18-13-9-7-6-8-12(13)10(2)3/h6-10H,5,17H2,1-4H3,(H2,18,19,20,21). The number of hydrogen-bond acceptors (Lipinski definition) is 5. The number of nitrogens with zero attached hydrogens (tertiary/aromatic N) is 2. The molecule has 0 atom stereocenters. The Morgan fingerprint density at radius 2 is 1.81 bits per heavy atom. The van der Waals surface area contributed by atoms with E-state index in [-0.39, 0.29) is 0 Å². The van der Waals surface area contributed by atoms with Crippen molar-refractivity contribution in [2.45, 2.75) is 40.0 Å². The maximum absolute atomic E-state index is 5.55. The zero-order valence-corrected chi connectivity index (χ0v) is 13.1. The molecule has 0 radical (unpaired) electrons. The van der Waals surface area contributed by atoms with Gasteiger partial charge in [0.1, 0.15) is 17.5 Å². The van der Waals surface area contributed by atoms with Crippen LogP contribution in [0.3, 0.4) is 0 Å². The summed E-state index contributed by atoms with van der Waals surface area (Å²) in [4.78, 5) is 8.96. The molecule has 0 saturated carbocycles. The Kier molecular flexibility index (Phi) is 4.75. The first-order valence-electron chi connectivity index (χ1n) is 7.26. The number of nitrogens with two attached hydrogens (primary N) is 1. The number of aromatic nitrogens is 2. The molecule has 1 aromatic carbocycles. The van der Waals surface area contributed by atoms with E-state index in [2.05, 4.69) is 52.8 Å². The molecule has 0 aliphatic rings. The lowest BCUT2D eigenvalue weighted by Gasteiger charge is -2.17. The van der Waals surface area contributed by atoms with E-state index in [4.69, 9.17) is 5.84 Å². The Balaban J connectivity index is 2.44. The van der Waals surface area contributed by atoms with Gasteiger partial charge in [0.25, 0.3) is 0 Å². The molecule has 0 bridgehead atoms. The molecule has 5 heteroatoms. The van der Waals surface area contributed by atoms with Crippen LogP contribution in [0.15, 0.2) is 24.3 Å². The van der Waals surface area contributed by atoms with Crippen molar-refractivity contribution in [2.75, 3.05) is 10.7 Å². The lowest BCUT2D eigenvalue weighted by Crippen LogP contribution is -2.14. The van der Waals surface area contributed by atoms with Crippen LogP contribution < -0.4 is 16.6 Å². The predicted octanol–water partition coefficient (Wildman–Crippen LogP) is 3.50. The molecular weight excluding hydrogens is 262 g/mol. The maximum Gasteiger partial charge on any atom is 0.148 e. The second kappa shape index (κ2) is 6.54. The Bertz CT molecular complexity index is 622. The molecule has 5 nitrogen and oxygen atoms in total. The van der Waals surface area contributed by atoms with E-state index in [9.17, 15) is 0 Å². The molecular formula is C16H23N5. The molecule has 4 N–H and O–H groups in total. The summed E-state index contributed by atoms with van der Waals surface area (Å²) in [7, 11) is 0. The van der Waals surface area contributed by atoms with Gasteiger partial charge in [-0.25, -0.2) is 15.8 Å². The monoisotopic (exact) mass is 285 g/mol. The third-order valence-electron chi connectivity index (χ3n) is 3.48. The van der Waals surface area contributed by atoms with Crippen LogP contribution in [0.1, 0.15) is 43.6 Å². The molecule has 0 aliphatic carbocycles. The minimum absolute atomic E-state index is 0.439. The van der Waals surface area contributed by atoms with Gasteiger partial charge in [0.15, 0.2) is 0 Å². The summed E-state index contributed by atoms with van der Waals surface area (Å²) in [6.45, 7) is 8.33. The average Bonchev–Trinajstić information content (AvgIpc) is 2.49. The van der Waals surface area contributed by atoms with Gasteiger partial charge in [-0.05, 0) is 24.5 Å². The quantitative estimate of drug-likeness (QED) is 0.579. The first kappa shape index (κ1) is 15.3. The van der Waals surface area contributed by atoms with Crippen LogP contribution in [0.4, 0.5) is 17.3 Å². The summed E-state index contributed by atoms with van der Waals surface area (Å²) in [5.41, 5.74) is 5.88. The van der Waals surface area contributed by atoms with Gasteiger partial charge in [-0.3, -0.25) is 0 Å². The van der Waals surface area contributed by atoms with Crippen molar-refractivity contribution in [2.24, 2.45) is 5.84 Å².